The third-order valence-electron chi connectivity index (χ3n) is 4.03. The van der Waals surface area contributed by atoms with E-state index in [4.69, 9.17) is 0 Å². The number of hydrogen-bond donors (Lipinski definition) is 0. The Morgan fingerprint density at radius 1 is 1.19 bits per heavy atom. The molecule has 4 nitrogen and oxygen atoms in total. The lowest BCUT2D eigenvalue weighted by atomic mass is 10.1. The standard InChI is InChI=1S/C16H21N3OS/c1-18-15(20)13-7-3-4-8-14(13)17-16(18)21-12-11-19-9-5-2-6-10-19/h3-4,7-8H,2,5-6,9-12H2,1H3. The van der Waals surface area contributed by atoms with Gasteiger partial charge in [-0.1, -0.05) is 30.3 Å². The van der Waals surface area contributed by atoms with Gasteiger partial charge in [0.15, 0.2) is 5.16 Å². The maximum atomic E-state index is 12.3. The van der Waals surface area contributed by atoms with Crippen LogP contribution in [-0.2, 0) is 7.05 Å². The summed E-state index contributed by atoms with van der Waals surface area (Å²) in [5, 5.41) is 1.51. The molecular formula is C16H21N3OS. The zero-order valence-electron chi connectivity index (χ0n) is 12.4. The van der Waals surface area contributed by atoms with E-state index in [0.29, 0.717) is 5.39 Å². The Morgan fingerprint density at radius 2 is 1.95 bits per heavy atom. The lowest BCUT2D eigenvalue weighted by Gasteiger charge is -2.26. The van der Waals surface area contributed by atoms with Crippen molar-refractivity contribution in [3.63, 3.8) is 0 Å². The molecule has 1 saturated heterocycles. The highest BCUT2D eigenvalue weighted by Gasteiger charge is 2.11. The van der Waals surface area contributed by atoms with Crippen molar-refractivity contribution >= 4 is 22.7 Å². The van der Waals surface area contributed by atoms with Crippen molar-refractivity contribution in [2.24, 2.45) is 7.05 Å². The Bertz CT molecular complexity index is 677. The summed E-state index contributed by atoms with van der Waals surface area (Å²) in [6.07, 6.45) is 4.00. The molecule has 0 radical (unpaired) electrons. The van der Waals surface area contributed by atoms with Crippen molar-refractivity contribution in [2.75, 3.05) is 25.4 Å². The molecule has 112 valence electrons. The van der Waals surface area contributed by atoms with Crippen molar-refractivity contribution in [3.8, 4) is 0 Å². The van der Waals surface area contributed by atoms with E-state index >= 15 is 0 Å². The Labute approximate surface area is 129 Å². The average Bonchev–Trinajstić information content (AvgIpc) is 2.53. The van der Waals surface area contributed by atoms with Crippen LogP contribution in [0.5, 0.6) is 0 Å². The first-order chi connectivity index (χ1) is 10.3. The normalized spacial score (nSPS) is 16.4. The van der Waals surface area contributed by atoms with Gasteiger partial charge in [0.05, 0.1) is 10.9 Å². The summed E-state index contributed by atoms with van der Waals surface area (Å²) in [7, 11) is 1.81. The van der Waals surface area contributed by atoms with Gasteiger partial charge < -0.3 is 4.90 Å². The fourth-order valence-electron chi connectivity index (χ4n) is 2.78. The molecule has 0 spiro atoms. The van der Waals surface area contributed by atoms with E-state index in [-0.39, 0.29) is 5.56 Å². The van der Waals surface area contributed by atoms with Crippen LogP contribution in [-0.4, -0.2) is 39.8 Å². The third-order valence-corrected chi connectivity index (χ3v) is 5.04. The molecular weight excluding hydrogens is 282 g/mol. The second kappa shape index (κ2) is 6.62. The predicted molar refractivity (Wildman–Crippen MR) is 88.0 cm³/mol. The number of nitrogens with zero attached hydrogens (tertiary/aromatic N) is 3. The zero-order valence-corrected chi connectivity index (χ0v) is 13.2. The van der Waals surface area contributed by atoms with Crippen LogP contribution < -0.4 is 5.56 Å². The molecule has 1 aromatic heterocycles. The Hall–Kier alpha value is -1.33. The number of hydrogen-bond acceptors (Lipinski definition) is 4. The van der Waals surface area contributed by atoms with Gasteiger partial charge in [-0.05, 0) is 38.1 Å². The van der Waals surface area contributed by atoms with Crippen LogP contribution in [0.25, 0.3) is 10.9 Å². The van der Waals surface area contributed by atoms with Crippen LogP contribution in [0.3, 0.4) is 0 Å². The Morgan fingerprint density at radius 3 is 2.76 bits per heavy atom. The minimum Gasteiger partial charge on any atom is -0.303 e. The van der Waals surface area contributed by atoms with E-state index in [1.807, 2.05) is 31.3 Å². The van der Waals surface area contributed by atoms with Crippen LogP contribution in [0.2, 0.25) is 0 Å². The molecule has 0 atom stereocenters. The molecule has 0 saturated carbocycles. The van der Waals surface area contributed by atoms with Gasteiger partial charge in [-0.25, -0.2) is 4.98 Å². The van der Waals surface area contributed by atoms with Crippen molar-refractivity contribution in [1.29, 1.82) is 0 Å². The molecule has 0 N–H and O–H groups in total. The van der Waals surface area contributed by atoms with E-state index in [9.17, 15) is 4.79 Å². The topological polar surface area (TPSA) is 38.1 Å². The van der Waals surface area contributed by atoms with Crippen molar-refractivity contribution in [2.45, 2.75) is 24.4 Å². The number of benzene rings is 1. The summed E-state index contributed by atoms with van der Waals surface area (Å²) in [5.41, 5.74) is 0.835. The maximum Gasteiger partial charge on any atom is 0.261 e. The molecule has 3 rings (SSSR count). The van der Waals surface area contributed by atoms with Gasteiger partial charge in [-0.3, -0.25) is 9.36 Å². The summed E-state index contributed by atoms with van der Waals surface area (Å²) in [6, 6.07) is 7.56. The van der Waals surface area contributed by atoms with Crippen LogP contribution in [0.1, 0.15) is 19.3 Å². The lowest BCUT2D eigenvalue weighted by molar-refractivity contribution is 0.242. The number of piperidine rings is 1. The smallest absolute Gasteiger partial charge is 0.261 e. The molecule has 1 aromatic carbocycles. The fraction of sp³-hybridized carbons (Fsp3) is 0.500. The number of likely N-dealkylation sites (tertiary alicyclic amines) is 1. The van der Waals surface area contributed by atoms with E-state index in [2.05, 4.69) is 9.88 Å². The van der Waals surface area contributed by atoms with E-state index in [1.54, 1.807) is 16.3 Å². The van der Waals surface area contributed by atoms with Crippen LogP contribution in [0, 0.1) is 0 Å². The van der Waals surface area contributed by atoms with E-state index in [1.165, 1.54) is 32.4 Å². The fourth-order valence-corrected chi connectivity index (χ4v) is 3.75. The van der Waals surface area contributed by atoms with Gasteiger partial charge in [0.2, 0.25) is 0 Å². The molecule has 0 aliphatic carbocycles. The molecule has 0 amide bonds. The summed E-state index contributed by atoms with van der Waals surface area (Å²) < 4.78 is 1.67. The summed E-state index contributed by atoms with van der Waals surface area (Å²) in [5.74, 6) is 0.985. The first kappa shape index (κ1) is 14.6. The predicted octanol–water partition coefficient (Wildman–Crippen LogP) is 2.51. The second-order valence-electron chi connectivity index (χ2n) is 5.53. The Balaban J connectivity index is 1.71. The monoisotopic (exact) mass is 303 g/mol. The van der Waals surface area contributed by atoms with Crippen molar-refractivity contribution in [3.05, 3.63) is 34.6 Å². The van der Waals surface area contributed by atoms with Crippen LogP contribution >= 0.6 is 11.8 Å². The number of para-hydroxylation sites is 1. The second-order valence-corrected chi connectivity index (χ2v) is 6.59. The Kier molecular flexibility index (Phi) is 4.60. The molecule has 5 heteroatoms. The molecule has 0 bridgehead atoms. The van der Waals surface area contributed by atoms with Gasteiger partial charge in [-0.15, -0.1) is 0 Å². The molecule has 0 unspecified atom stereocenters. The van der Waals surface area contributed by atoms with Crippen LogP contribution in [0.15, 0.2) is 34.2 Å². The van der Waals surface area contributed by atoms with Gasteiger partial charge in [0.1, 0.15) is 0 Å². The quantitative estimate of drug-likeness (QED) is 0.642. The number of aromatic nitrogens is 2. The van der Waals surface area contributed by atoms with Crippen molar-refractivity contribution in [1.82, 2.24) is 14.5 Å². The highest BCUT2D eigenvalue weighted by Crippen LogP contribution is 2.17. The van der Waals surface area contributed by atoms with E-state index < -0.39 is 0 Å². The largest absolute Gasteiger partial charge is 0.303 e. The summed E-state index contributed by atoms with van der Waals surface area (Å²) in [4.78, 5) is 19.4. The first-order valence-electron chi connectivity index (χ1n) is 7.56. The van der Waals surface area contributed by atoms with E-state index in [0.717, 1.165) is 23.0 Å². The summed E-state index contributed by atoms with van der Waals surface area (Å²) >= 11 is 1.68. The highest BCUT2D eigenvalue weighted by molar-refractivity contribution is 7.99. The van der Waals surface area contributed by atoms with Crippen LogP contribution in [0.4, 0.5) is 0 Å². The summed E-state index contributed by atoms with van der Waals surface area (Å²) in [6.45, 7) is 3.50. The molecule has 1 aliphatic heterocycles. The number of thioether (sulfide) groups is 1. The number of fused-ring (bicyclic) bond motifs is 1. The lowest BCUT2D eigenvalue weighted by Crippen LogP contribution is -2.31. The van der Waals surface area contributed by atoms with Gasteiger partial charge >= 0.3 is 0 Å². The highest BCUT2D eigenvalue weighted by atomic mass is 32.2. The van der Waals surface area contributed by atoms with Gasteiger partial charge in [-0.2, -0.15) is 0 Å². The minimum absolute atomic E-state index is 0.0427. The average molecular weight is 303 g/mol. The molecule has 1 fully saturated rings. The molecule has 2 heterocycles. The third kappa shape index (κ3) is 3.30. The van der Waals surface area contributed by atoms with Crippen molar-refractivity contribution < 1.29 is 0 Å². The molecule has 1 aliphatic rings. The number of rotatable bonds is 4. The SMILES string of the molecule is Cn1c(SCCN2CCCCC2)nc2ccccc2c1=O. The first-order valence-corrected chi connectivity index (χ1v) is 8.55. The maximum absolute atomic E-state index is 12.3. The molecule has 2 aromatic rings. The van der Waals surface area contributed by atoms with Gasteiger partial charge in [0, 0.05) is 19.3 Å². The molecule has 21 heavy (non-hydrogen) atoms. The zero-order chi connectivity index (χ0) is 14.7. The van der Waals surface area contributed by atoms with Gasteiger partial charge in [0.25, 0.3) is 5.56 Å². The minimum atomic E-state index is 0.0427.